The van der Waals surface area contributed by atoms with Crippen LogP contribution in [0, 0.1) is 12.8 Å². The Kier molecular flexibility index (Phi) is 4.11. The van der Waals surface area contributed by atoms with Crippen molar-refractivity contribution in [1.82, 2.24) is 14.6 Å². The largest absolute Gasteiger partial charge is 0.390 e. The molecular formula is C18H18ClN4O2. The number of aliphatic hydroxyl groups is 2. The van der Waals surface area contributed by atoms with Crippen LogP contribution in [-0.4, -0.2) is 43.1 Å². The molecule has 1 fully saturated rings. The van der Waals surface area contributed by atoms with Gasteiger partial charge < -0.3 is 15.5 Å². The van der Waals surface area contributed by atoms with Crippen molar-refractivity contribution >= 4 is 23.1 Å². The van der Waals surface area contributed by atoms with Gasteiger partial charge in [0.25, 0.3) is 0 Å². The van der Waals surface area contributed by atoms with Crippen molar-refractivity contribution in [1.29, 1.82) is 0 Å². The zero-order chi connectivity index (χ0) is 17.6. The predicted octanol–water partition coefficient (Wildman–Crippen LogP) is 2.41. The summed E-state index contributed by atoms with van der Waals surface area (Å²) in [7, 11) is 0. The molecule has 1 radical (unpaired) electrons. The standard InChI is InChI=1S/C18H18ClN4O2/c1-10-7-13(18(25)17(10)24)20-16-9-14(19)21-15-8-12(22-23(15)16)11-5-3-2-4-6-11/h2-6,8-10,13,17-18,20,24-25H,1,7H2/t10-,13-,17-,18+/m1/s1. The number of hydrogen-bond donors (Lipinski definition) is 3. The van der Waals surface area contributed by atoms with Crippen LogP contribution in [0.1, 0.15) is 6.42 Å². The van der Waals surface area contributed by atoms with Crippen LogP contribution in [0.4, 0.5) is 5.82 Å². The Bertz CT molecular complexity index is 899. The number of fused-ring (bicyclic) bond motifs is 1. The van der Waals surface area contributed by atoms with E-state index in [1.165, 1.54) is 0 Å². The third-order valence-corrected chi connectivity index (χ3v) is 4.79. The molecule has 6 nitrogen and oxygen atoms in total. The molecule has 1 aliphatic carbocycles. The Balaban J connectivity index is 1.73. The zero-order valence-electron chi connectivity index (χ0n) is 13.4. The first kappa shape index (κ1) is 16.3. The fourth-order valence-electron chi connectivity index (χ4n) is 3.25. The van der Waals surface area contributed by atoms with E-state index in [0.717, 1.165) is 11.3 Å². The highest BCUT2D eigenvalue weighted by atomic mass is 35.5. The minimum absolute atomic E-state index is 0.224. The van der Waals surface area contributed by atoms with Crippen molar-refractivity contribution in [2.24, 2.45) is 5.92 Å². The second-order valence-corrected chi connectivity index (χ2v) is 6.74. The van der Waals surface area contributed by atoms with Gasteiger partial charge in [-0.15, -0.1) is 0 Å². The molecule has 3 aromatic rings. The lowest BCUT2D eigenvalue weighted by molar-refractivity contribution is 0.0256. The van der Waals surface area contributed by atoms with Gasteiger partial charge in [-0.1, -0.05) is 41.9 Å². The van der Waals surface area contributed by atoms with Crippen LogP contribution in [0.5, 0.6) is 0 Å². The summed E-state index contributed by atoms with van der Waals surface area (Å²) >= 11 is 6.14. The molecule has 7 heteroatoms. The number of hydrogen-bond acceptors (Lipinski definition) is 5. The van der Waals surface area contributed by atoms with Gasteiger partial charge in [0.15, 0.2) is 5.65 Å². The van der Waals surface area contributed by atoms with Gasteiger partial charge in [0, 0.05) is 17.7 Å². The molecule has 4 rings (SSSR count). The molecule has 129 valence electrons. The van der Waals surface area contributed by atoms with Crippen LogP contribution >= 0.6 is 11.6 Å². The molecule has 25 heavy (non-hydrogen) atoms. The fourth-order valence-corrected chi connectivity index (χ4v) is 3.44. The van der Waals surface area contributed by atoms with Gasteiger partial charge in [0.2, 0.25) is 0 Å². The van der Waals surface area contributed by atoms with Crippen molar-refractivity contribution in [2.75, 3.05) is 5.32 Å². The summed E-state index contributed by atoms with van der Waals surface area (Å²) in [6.07, 6.45) is -1.19. The van der Waals surface area contributed by atoms with Gasteiger partial charge in [-0.3, -0.25) is 0 Å². The smallest absolute Gasteiger partial charge is 0.159 e. The van der Waals surface area contributed by atoms with E-state index >= 15 is 0 Å². The maximum absolute atomic E-state index is 10.2. The van der Waals surface area contributed by atoms with Crippen LogP contribution in [0.15, 0.2) is 42.5 Å². The summed E-state index contributed by atoms with van der Waals surface area (Å²) in [5.74, 6) is 0.389. The maximum atomic E-state index is 10.2. The molecule has 0 saturated heterocycles. The number of halogens is 1. The van der Waals surface area contributed by atoms with Crippen molar-refractivity contribution in [2.45, 2.75) is 24.7 Å². The highest BCUT2D eigenvalue weighted by Gasteiger charge is 2.39. The molecule has 0 aliphatic heterocycles. The van der Waals surface area contributed by atoms with Gasteiger partial charge in [-0.05, 0) is 19.3 Å². The average molecular weight is 358 g/mol. The van der Waals surface area contributed by atoms with Gasteiger partial charge in [0.1, 0.15) is 17.1 Å². The maximum Gasteiger partial charge on any atom is 0.159 e. The lowest BCUT2D eigenvalue weighted by Gasteiger charge is -2.19. The Morgan fingerprint density at radius 3 is 2.60 bits per heavy atom. The van der Waals surface area contributed by atoms with E-state index in [4.69, 9.17) is 11.6 Å². The van der Waals surface area contributed by atoms with Crippen LogP contribution in [0.3, 0.4) is 0 Å². The van der Waals surface area contributed by atoms with Gasteiger partial charge in [-0.25, -0.2) is 4.98 Å². The normalized spacial score (nSPS) is 26.2. The van der Waals surface area contributed by atoms with Gasteiger partial charge in [0.05, 0.1) is 17.8 Å². The summed E-state index contributed by atoms with van der Waals surface area (Å²) < 4.78 is 1.66. The summed E-state index contributed by atoms with van der Waals surface area (Å²) in [4.78, 5) is 4.31. The first-order valence-electron chi connectivity index (χ1n) is 8.10. The molecule has 0 bridgehead atoms. The number of aliphatic hydroxyl groups excluding tert-OH is 2. The molecule has 1 aliphatic rings. The number of anilines is 1. The quantitative estimate of drug-likeness (QED) is 0.627. The van der Waals surface area contributed by atoms with E-state index in [-0.39, 0.29) is 12.0 Å². The molecule has 3 N–H and O–H groups in total. The van der Waals surface area contributed by atoms with E-state index < -0.39 is 12.2 Å². The number of nitrogens with one attached hydrogen (secondary N) is 1. The number of nitrogens with zero attached hydrogens (tertiary/aromatic N) is 3. The van der Waals surface area contributed by atoms with Gasteiger partial charge in [-0.2, -0.15) is 9.61 Å². The molecular weight excluding hydrogens is 340 g/mol. The summed E-state index contributed by atoms with van der Waals surface area (Å²) in [5.41, 5.74) is 2.36. The molecule has 0 amide bonds. The van der Waals surface area contributed by atoms with Crippen molar-refractivity contribution < 1.29 is 10.2 Å². The minimum Gasteiger partial charge on any atom is -0.390 e. The highest BCUT2D eigenvalue weighted by Crippen LogP contribution is 2.30. The van der Waals surface area contributed by atoms with Crippen molar-refractivity contribution in [3.8, 4) is 11.3 Å². The molecule has 1 saturated carbocycles. The topological polar surface area (TPSA) is 82.7 Å². The highest BCUT2D eigenvalue weighted by molar-refractivity contribution is 6.29. The van der Waals surface area contributed by atoms with E-state index in [2.05, 4.69) is 22.3 Å². The molecule has 2 aromatic heterocycles. The molecule has 0 spiro atoms. The summed E-state index contributed by atoms with van der Waals surface area (Å²) in [6.45, 7) is 3.87. The van der Waals surface area contributed by atoms with Crippen molar-refractivity contribution in [3.63, 3.8) is 0 Å². The second kappa shape index (κ2) is 6.29. The second-order valence-electron chi connectivity index (χ2n) is 6.36. The van der Waals surface area contributed by atoms with E-state index in [1.54, 1.807) is 10.6 Å². The first-order valence-corrected chi connectivity index (χ1v) is 8.48. The Morgan fingerprint density at radius 2 is 1.92 bits per heavy atom. The number of rotatable bonds is 3. The van der Waals surface area contributed by atoms with Crippen LogP contribution in [-0.2, 0) is 0 Å². The van der Waals surface area contributed by atoms with E-state index in [0.29, 0.717) is 23.0 Å². The molecule has 2 heterocycles. The van der Waals surface area contributed by atoms with Crippen molar-refractivity contribution in [3.05, 3.63) is 54.5 Å². The predicted molar refractivity (Wildman–Crippen MR) is 96.3 cm³/mol. The zero-order valence-corrected chi connectivity index (χ0v) is 14.1. The summed E-state index contributed by atoms with van der Waals surface area (Å²) in [5, 5.41) is 28.3. The van der Waals surface area contributed by atoms with Crippen LogP contribution < -0.4 is 5.32 Å². The molecule has 4 atom stereocenters. The number of benzene rings is 1. The van der Waals surface area contributed by atoms with Gasteiger partial charge >= 0.3 is 0 Å². The summed E-state index contributed by atoms with van der Waals surface area (Å²) in [6, 6.07) is 13.0. The molecule has 1 aromatic carbocycles. The lowest BCUT2D eigenvalue weighted by Crippen LogP contribution is -2.35. The Labute approximate surface area is 150 Å². The first-order chi connectivity index (χ1) is 12.0. The van der Waals surface area contributed by atoms with Crippen LogP contribution in [0.2, 0.25) is 5.15 Å². The minimum atomic E-state index is -0.895. The third-order valence-electron chi connectivity index (χ3n) is 4.60. The lowest BCUT2D eigenvalue weighted by atomic mass is 10.1. The molecule has 0 unspecified atom stereocenters. The fraction of sp³-hybridized carbons (Fsp3) is 0.278. The van der Waals surface area contributed by atoms with Crippen LogP contribution in [0.25, 0.3) is 16.9 Å². The SMILES string of the molecule is [CH2][C@@H]1C[C@@H](Nc2cc(Cl)nc3cc(-c4ccccc4)nn23)[C@H](O)[C@@H]1O. The Morgan fingerprint density at radius 1 is 1.16 bits per heavy atom. The monoisotopic (exact) mass is 357 g/mol. The number of aromatic nitrogens is 3. The third kappa shape index (κ3) is 2.97. The van der Waals surface area contributed by atoms with E-state index in [1.807, 2.05) is 36.4 Å². The average Bonchev–Trinajstić information content (AvgIpc) is 3.13. The van der Waals surface area contributed by atoms with E-state index in [9.17, 15) is 10.2 Å². The Hall–Kier alpha value is -2.15.